The lowest BCUT2D eigenvalue weighted by atomic mass is 9.71. The van der Waals surface area contributed by atoms with Gasteiger partial charge in [0.05, 0.1) is 5.92 Å². The largest absolute Gasteiger partial charge is 0.425 e. The molecule has 1 unspecified atom stereocenters. The molecule has 1 aromatic heterocycles. The highest BCUT2D eigenvalue weighted by Gasteiger charge is 2.57. The summed E-state index contributed by atoms with van der Waals surface area (Å²) in [6.45, 7) is 10.3. The Morgan fingerprint density at radius 2 is 1.96 bits per heavy atom. The fraction of sp³-hybridized carbons (Fsp3) is 0.571. The van der Waals surface area contributed by atoms with Gasteiger partial charge in [-0.1, -0.05) is 44.2 Å². The maximum atomic E-state index is 12.5. The monoisotopic (exact) mass is 368 g/mol. The van der Waals surface area contributed by atoms with Crippen molar-refractivity contribution in [3.63, 3.8) is 0 Å². The maximum Gasteiger partial charge on any atom is 0.222 e. The molecule has 4 rings (SSSR count). The van der Waals surface area contributed by atoms with Crippen molar-refractivity contribution in [2.75, 3.05) is 26.2 Å². The normalized spacial score (nSPS) is 21.8. The van der Waals surface area contributed by atoms with E-state index in [1.54, 1.807) is 0 Å². The first-order valence-electron chi connectivity index (χ1n) is 9.79. The zero-order valence-electron chi connectivity index (χ0n) is 16.4. The van der Waals surface area contributed by atoms with E-state index in [-0.39, 0.29) is 17.2 Å². The van der Waals surface area contributed by atoms with E-state index in [9.17, 15) is 4.79 Å². The van der Waals surface area contributed by atoms with Gasteiger partial charge >= 0.3 is 0 Å². The second-order valence-corrected chi connectivity index (χ2v) is 8.58. The third-order valence-corrected chi connectivity index (χ3v) is 5.75. The summed E-state index contributed by atoms with van der Waals surface area (Å²) in [5, 5.41) is 8.36. The van der Waals surface area contributed by atoms with Crippen LogP contribution in [0.2, 0.25) is 0 Å². The number of benzene rings is 1. The first-order chi connectivity index (χ1) is 12.9. The highest BCUT2D eigenvalue weighted by atomic mass is 16.4. The standard InChI is InChI=1S/C21H28N4O2/c1-15(2)9-19(26)25-13-21(14-25)12-24(10-17-7-5-4-6-8-17)11-18(21)20-23-22-16(3)27-20/h4-8,15,18H,9-14H2,1-3H3. The van der Waals surface area contributed by atoms with E-state index in [0.717, 1.165) is 38.6 Å². The first-order valence-corrected chi connectivity index (χ1v) is 9.79. The van der Waals surface area contributed by atoms with Gasteiger partial charge in [0.25, 0.3) is 0 Å². The first kappa shape index (κ1) is 18.2. The van der Waals surface area contributed by atoms with Crippen molar-refractivity contribution in [3.05, 3.63) is 47.7 Å². The Bertz CT molecular complexity index is 796. The zero-order chi connectivity index (χ0) is 19.0. The maximum absolute atomic E-state index is 12.5. The predicted molar refractivity (Wildman–Crippen MR) is 102 cm³/mol. The van der Waals surface area contributed by atoms with E-state index in [2.05, 4.69) is 53.2 Å². The van der Waals surface area contributed by atoms with Gasteiger partial charge in [0, 0.05) is 51.5 Å². The molecule has 6 nitrogen and oxygen atoms in total. The van der Waals surface area contributed by atoms with Crippen molar-refractivity contribution >= 4 is 5.91 Å². The number of carbonyl (C=O) groups excluding carboxylic acids is 1. The number of aryl methyl sites for hydroxylation is 1. The quantitative estimate of drug-likeness (QED) is 0.812. The minimum absolute atomic E-state index is 0.0282. The van der Waals surface area contributed by atoms with E-state index >= 15 is 0 Å². The summed E-state index contributed by atoms with van der Waals surface area (Å²) < 4.78 is 5.81. The fourth-order valence-corrected chi connectivity index (χ4v) is 4.52. The number of aromatic nitrogens is 2. The highest BCUT2D eigenvalue weighted by Crippen LogP contribution is 2.49. The molecule has 6 heteroatoms. The molecule has 1 atom stereocenters. The van der Waals surface area contributed by atoms with Gasteiger partial charge in [0.1, 0.15) is 0 Å². The van der Waals surface area contributed by atoms with Gasteiger partial charge in [-0.2, -0.15) is 0 Å². The Morgan fingerprint density at radius 1 is 1.22 bits per heavy atom. The number of hydrogen-bond acceptors (Lipinski definition) is 5. The van der Waals surface area contributed by atoms with Crippen LogP contribution < -0.4 is 0 Å². The molecule has 2 fully saturated rings. The molecule has 0 bridgehead atoms. The Labute approximate surface area is 160 Å². The van der Waals surface area contributed by atoms with Crippen molar-refractivity contribution < 1.29 is 9.21 Å². The van der Waals surface area contributed by atoms with Gasteiger partial charge in [0.2, 0.25) is 17.7 Å². The zero-order valence-corrected chi connectivity index (χ0v) is 16.4. The summed E-state index contributed by atoms with van der Waals surface area (Å²) in [6.07, 6.45) is 0.619. The van der Waals surface area contributed by atoms with Crippen molar-refractivity contribution in [1.82, 2.24) is 20.0 Å². The summed E-state index contributed by atoms with van der Waals surface area (Å²) in [5.41, 5.74) is 1.34. The Balaban J connectivity index is 1.50. The molecule has 3 heterocycles. The molecular weight excluding hydrogens is 340 g/mol. The highest BCUT2D eigenvalue weighted by molar-refractivity contribution is 5.77. The minimum Gasteiger partial charge on any atom is -0.425 e. The number of rotatable bonds is 5. The molecule has 27 heavy (non-hydrogen) atoms. The molecule has 1 amide bonds. The topological polar surface area (TPSA) is 62.5 Å². The molecule has 1 spiro atoms. The number of amides is 1. The van der Waals surface area contributed by atoms with Crippen molar-refractivity contribution in [2.24, 2.45) is 11.3 Å². The van der Waals surface area contributed by atoms with Crippen LogP contribution in [0.25, 0.3) is 0 Å². The summed E-state index contributed by atoms with van der Waals surface area (Å²) in [5.74, 6) is 2.16. The Kier molecular flexibility index (Phi) is 4.76. The lowest BCUT2D eigenvalue weighted by Gasteiger charge is -2.50. The van der Waals surface area contributed by atoms with Crippen LogP contribution in [0.4, 0.5) is 0 Å². The number of nitrogens with zero attached hydrogens (tertiary/aromatic N) is 4. The van der Waals surface area contributed by atoms with E-state index in [1.165, 1.54) is 5.56 Å². The van der Waals surface area contributed by atoms with Gasteiger partial charge in [0.15, 0.2) is 0 Å². The van der Waals surface area contributed by atoms with Crippen molar-refractivity contribution in [1.29, 1.82) is 0 Å². The van der Waals surface area contributed by atoms with Crippen LogP contribution in [0.15, 0.2) is 34.7 Å². The summed E-state index contributed by atoms with van der Waals surface area (Å²) in [4.78, 5) is 16.9. The summed E-state index contributed by atoms with van der Waals surface area (Å²) >= 11 is 0. The molecule has 0 saturated carbocycles. The smallest absolute Gasteiger partial charge is 0.222 e. The van der Waals surface area contributed by atoms with Gasteiger partial charge in [-0.15, -0.1) is 10.2 Å². The average molecular weight is 368 g/mol. The van der Waals surface area contributed by atoms with E-state index in [1.807, 2.05) is 17.9 Å². The molecule has 1 aromatic carbocycles. The van der Waals surface area contributed by atoms with Crippen LogP contribution in [0, 0.1) is 18.3 Å². The van der Waals surface area contributed by atoms with E-state index in [0.29, 0.717) is 18.2 Å². The van der Waals surface area contributed by atoms with Gasteiger partial charge in [-0.25, -0.2) is 0 Å². The van der Waals surface area contributed by atoms with Crippen LogP contribution in [-0.2, 0) is 11.3 Å². The lowest BCUT2D eigenvalue weighted by Crippen LogP contribution is -2.61. The molecule has 2 aliphatic rings. The van der Waals surface area contributed by atoms with Crippen LogP contribution in [0.5, 0.6) is 0 Å². The molecular formula is C21H28N4O2. The molecule has 0 N–H and O–H groups in total. The number of carbonyl (C=O) groups is 1. The molecule has 144 valence electrons. The molecule has 2 aliphatic heterocycles. The SMILES string of the molecule is Cc1nnc(C2CN(Cc3ccccc3)CC23CN(C(=O)CC(C)C)C3)o1. The van der Waals surface area contributed by atoms with Gasteiger partial charge < -0.3 is 9.32 Å². The number of hydrogen-bond donors (Lipinski definition) is 0. The molecule has 2 saturated heterocycles. The molecule has 0 aliphatic carbocycles. The lowest BCUT2D eigenvalue weighted by molar-refractivity contribution is -0.144. The van der Waals surface area contributed by atoms with Crippen molar-refractivity contribution in [2.45, 2.75) is 39.7 Å². The Morgan fingerprint density at radius 3 is 2.59 bits per heavy atom. The number of likely N-dealkylation sites (tertiary alicyclic amines) is 2. The summed E-state index contributed by atoms with van der Waals surface area (Å²) in [7, 11) is 0. The van der Waals surface area contributed by atoms with Crippen molar-refractivity contribution in [3.8, 4) is 0 Å². The van der Waals surface area contributed by atoms with Gasteiger partial charge in [-0.3, -0.25) is 9.69 Å². The third kappa shape index (κ3) is 3.63. The van der Waals surface area contributed by atoms with Crippen LogP contribution in [0.3, 0.4) is 0 Å². The predicted octanol–water partition coefficient (Wildman–Crippen LogP) is 2.85. The van der Waals surface area contributed by atoms with Crippen LogP contribution >= 0.6 is 0 Å². The van der Waals surface area contributed by atoms with E-state index in [4.69, 9.17) is 4.42 Å². The fourth-order valence-electron chi connectivity index (χ4n) is 4.52. The van der Waals surface area contributed by atoms with Crippen LogP contribution in [-0.4, -0.2) is 52.1 Å². The third-order valence-electron chi connectivity index (χ3n) is 5.75. The molecule has 0 radical (unpaired) electrons. The Hall–Kier alpha value is -2.21. The average Bonchev–Trinajstić information content (AvgIpc) is 3.17. The second kappa shape index (κ2) is 7.08. The molecule has 2 aromatic rings. The summed E-state index contributed by atoms with van der Waals surface area (Å²) in [6, 6.07) is 10.5. The minimum atomic E-state index is 0.0282. The van der Waals surface area contributed by atoms with E-state index < -0.39 is 0 Å². The van der Waals surface area contributed by atoms with Gasteiger partial charge in [-0.05, 0) is 11.5 Å². The van der Waals surface area contributed by atoms with Crippen LogP contribution in [0.1, 0.15) is 43.5 Å². The second-order valence-electron chi connectivity index (χ2n) is 8.58.